The Bertz CT molecular complexity index is 505. The van der Waals surface area contributed by atoms with E-state index in [1.807, 2.05) is 6.07 Å². The Labute approximate surface area is 113 Å². The van der Waals surface area contributed by atoms with Gasteiger partial charge in [0.05, 0.1) is 0 Å². The predicted molar refractivity (Wildman–Crippen MR) is 70.3 cm³/mol. The molecule has 0 aliphatic heterocycles. The third kappa shape index (κ3) is 1.60. The Morgan fingerprint density at radius 1 is 1.21 bits per heavy atom. The minimum absolute atomic E-state index is 0.160. The third-order valence-electron chi connectivity index (χ3n) is 5.71. The van der Waals surface area contributed by atoms with Crippen LogP contribution in [0.2, 0.25) is 0 Å². The van der Waals surface area contributed by atoms with Crippen LogP contribution in [0.25, 0.3) is 0 Å². The lowest BCUT2D eigenvalue weighted by molar-refractivity contribution is -0.0154. The van der Waals surface area contributed by atoms with Crippen molar-refractivity contribution in [2.75, 3.05) is 0 Å². The van der Waals surface area contributed by atoms with Gasteiger partial charge in [-0.1, -0.05) is 0 Å². The summed E-state index contributed by atoms with van der Waals surface area (Å²) >= 11 is 0. The number of carbonyl (C=O) groups is 1. The molecule has 1 N–H and O–H groups in total. The minimum Gasteiger partial charge on any atom is -0.478 e. The van der Waals surface area contributed by atoms with Crippen LogP contribution in [-0.2, 0) is 5.41 Å². The maximum atomic E-state index is 11.2. The number of furan rings is 1. The van der Waals surface area contributed by atoms with Crippen molar-refractivity contribution in [3.8, 4) is 0 Å². The van der Waals surface area contributed by atoms with E-state index in [2.05, 4.69) is 0 Å². The number of hydrogen-bond acceptors (Lipinski definition) is 2. The predicted octanol–water partition coefficient (Wildman–Crippen LogP) is 3.75. The number of aryl methyl sites for hydroxylation is 1. The van der Waals surface area contributed by atoms with Gasteiger partial charge in [-0.25, -0.2) is 4.79 Å². The molecule has 5 rings (SSSR count). The van der Waals surface area contributed by atoms with Gasteiger partial charge in [-0.2, -0.15) is 0 Å². The Balaban J connectivity index is 1.75. The fraction of sp³-hybridized carbons (Fsp3) is 0.688. The van der Waals surface area contributed by atoms with Crippen molar-refractivity contribution in [2.45, 2.75) is 50.9 Å². The molecule has 4 aliphatic carbocycles. The summed E-state index contributed by atoms with van der Waals surface area (Å²) in [4.78, 5) is 11.2. The number of rotatable bonds is 2. The van der Waals surface area contributed by atoms with Gasteiger partial charge in [-0.15, -0.1) is 0 Å². The molecule has 4 aliphatic rings. The van der Waals surface area contributed by atoms with E-state index in [4.69, 9.17) is 4.42 Å². The molecule has 3 heteroatoms. The van der Waals surface area contributed by atoms with Crippen molar-refractivity contribution in [1.82, 2.24) is 0 Å². The molecule has 3 nitrogen and oxygen atoms in total. The molecule has 0 unspecified atom stereocenters. The first-order valence-electron chi connectivity index (χ1n) is 7.40. The first-order chi connectivity index (χ1) is 9.06. The summed E-state index contributed by atoms with van der Waals surface area (Å²) in [6.07, 6.45) is 7.82. The molecule has 0 amide bonds. The van der Waals surface area contributed by atoms with Crippen LogP contribution in [0.4, 0.5) is 0 Å². The molecule has 4 bridgehead atoms. The van der Waals surface area contributed by atoms with Gasteiger partial charge in [0.15, 0.2) is 0 Å². The van der Waals surface area contributed by atoms with E-state index in [1.54, 1.807) is 6.92 Å². The molecule has 102 valence electrons. The lowest BCUT2D eigenvalue weighted by Crippen LogP contribution is -2.48. The molecule has 1 aromatic heterocycles. The van der Waals surface area contributed by atoms with Crippen molar-refractivity contribution in [3.05, 3.63) is 23.2 Å². The largest absolute Gasteiger partial charge is 0.478 e. The fourth-order valence-electron chi connectivity index (χ4n) is 5.37. The highest BCUT2D eigenvalue weighted by molar-refractivity contribution is 5.88. The summed E-state index contributed by atoms with van der Waals surface area (Å²) in [5.74, 6) is 3.22. The van der Waals surface area contributed by atoms with E-state index >= 15 is 0 Å². The quantitative estimate of drug-likeness (QED) is 0.881. The summed E-state index contributed by atoms with van der Waals surface area (Å²) in [6.45, 7) is 1.77. The second kappa shape index (κ2) is 3.65. The van der Waals surface area contributed by atoms with E-state index < -0.39 is 5.97 Å². The van der Waals surface area contributed by atoms with E-state index in [-0.39, 0.29) is 5.41 Å². The minimum atomic E-state index is -0.864. The molecule has 0 aromatic carbocycles. The molecule has 0 spiro atoms. The highest BCUT2D eigenvalue weighted by Gasteiger charge is 2.53. The first-order valence-corrected chi connectivity index (χ1v) is 7.40. The normalized spacial score (nSPS) is 39.7. The maximum absolute atomic E-state index is 11.2. The van der Waals surface area contributed by atoms with Gasteiger partial charge in [-0.05, 0) is 69.3 Å². The van der Waals surface area contributed by atoms with Crippen molar-refractivity contribution in [2.24, 2.45) is 17.8 Å². The highest BCUT2D eigenvalue weighted by Crippen LogP contribution is 2.61. The Morgan fingerprint density at radius 3 is 2.16 bits per heavy atom. The molecule has 1 aromatic rings. The molecular formula is C16H20O3. The molecule has 0 radical (unpaired) electrons. The van der Waals surface area contributed by atoms with Gasteiger partial charge in [0.1, 0.15) is 17.1 Å². The van der Waals surface area contributed by atoms with Crippen LogP contribution in [0.3, 0.4) is 0 Å². The molecule has 19 heavy (non-hydrogen) atoms. The fourth-order valence-corrected chi connectivity index (χ4v) is 5.37. The van der Waals surface area contributed by atoms with Gasteiger partial charge in [-0.3, -0.25) is 0 Å². The summed E-state index contributed by atoms with van der Waals surface area (Å²) in [7, 11) is 0. The Kier molecular flexibility index (Phi) is 2.22. The summed E-state index contributed by atoms with van der Waals surface area (Å²) in [6, 6.07) is 1.81. The lowest BCUT2D eigenvalue weighted by Gasteiger charge is -2.55. The standard InChI is InChI=1S/C16H20O3/c1-9-13(15(17)18)5-14(19-9)16-6-10-2-11(7-16)4-12(3-10)8-16/h5,10-12H,2-4,6-8H2,1H3,(H,17,18). The first kappa shape index (κ1) is 11.6. The van der Waals surface area contributed by atoms with Crippen LogP contribution < -0.4 is 0 Å². The van der Waals surface area contributed by atoms with Gasteiger partial charge < -0.3 is 9.52 Å². The molecule has 4 saturated carbocycles. The van der Waals surface area contributed by atoms with Crippen molar-refractivity contribution in [3.63, 3.8) is 0 Å². The SMILES string of the molecule is Cc1oc(C23CC4CC(CC(C4)C2)C3)cc1C(=O)O. The van der Waals surface area contributed by atoms with E-state index in [1.165, 1.54) is 38.5 Å². The van der Waals surface area contributed by atoms with Crippen LogP contribution in [0.5, 0.6) is 0 Å². The summed E-state index contributed by atoms with van der Waals surface area (Å²) in [5.41, 5.74) is 0.512. The Morgan fingerprint density at radius 2 is 1.74 bits per heavy atom. The zero-order valence-corrected chi connectivity index (χ0v) is 11.3. The van der Waals surface area contributed by atoms with Gasteiger partial charge in [0, 0.05) is 5.41 Å². The smallest absolute Gasteiger partial charge is 0.339 e. The van der Waals surface area contributed by atoms with Crippen LogP contribution in [-0.4, -0.2) is 11.1 Å². The summed E-state index contributed by atoms with van der Waals surface area (Å²) in [5, 5.41) is 9.20. The average molecular weight is 260 g/mol. The van der Waals surface area contributed by atoms with Crippen molar-refractivity contribution >= 4 is 5.97 Å². The molecular weight excluding hydrogens is 240 g/mol. The van der Waals surface area contributed by atoms with Crippen LogP contribution in [0.1, 0.15) is 60.4 Å². The molecule has 4 fully saturated rings. The van der Waals surface area contributed by atoms with E-state index in [0.717, 1.165) is 23.5 Å². The monoisotopic (exact) mass is 260 g/mol. The zero-order chi connectivity index (χ0) is 13.2. The van der Waals surface area contributed by atoms with Gasteiger partial charge in [0.25, 0.3) is 0 Å². The number of carboxylic acids is 1. The number of carboxylic acid groups (broad SMARTS) is 1. The van der Waals surface area contributed by atoms with E-state index in [0.29, 0.717) is 11.3 Å². The zero-order valence-electron chi connectivity index (χ0n) is 11.3. The molecule has 1 heterocycles. The topological polar surface area (TPSA) is 50.4 Å². The van der Waals surface area contributed by atoms with Crippen LogP contribution >= 0.6 is 0 Å². The molecule has 0 atom stereocenters. The second-order valence-electron chi connectivity index (χ2n) is 7.08. The maximum Gasteiger partial charge on any atom is 0.339 e. The lowest BCUT2D eigenvalue weighted by atomic mass is 9.49. The number of hydrogen-bond donors (Lipinski definition) is 1. The third-order valence-corrected chi connectivity index (χ3v) is 5.71. The van der Waals surface area contributed by atoms with Gasteiger partial charge in [0.2, 0.25) is 0 Å². The molecule has 0 saturated heterocycles. The van der Waals surface area contributed by atoms with Gasteiger partial charge >= 0.3 is 5.97 Å². The second-order valence-corrected chi connectivity index (χ2v) is 7.08. The number of aromatic carboxylic acids is 1. The van der Waals surface area contributed by atoms with Crippen LogP contribution in [0, 0.1) is 24.7 Å². The highest BCUT2D eigenvalue weighted by atomic mass is 16.4. The van der Waals surface area contributed by atoms with Crippen molar-refractivity contribution < 1.29 is 14.3 Å². The van der Waals surface area contributed by atoms with Crippen LogP contribution in [0.15, 0.2) is 10.5 Å². The summed E-state index contributed by atoms with van der Waals surface area (Å²) < 4.78 is 5.88. The average Bonchev–Trinajstić information content (AvgIpc) is 2.70. The Hall–Kier alpha value is -1.25. The van der Waals surface area contributed by atoms with Crippen molar-refractivity contribution in [1.29, 1.82) is 0 Å². The van der Waals surface area contributed by atoms with E-state index in [9.17, 15) is 9.90 Å².